The van der Waals surface area contributed by atoms with Gasteiger partial charge in [-0.1, -0.05) is 29.8 Å². The number of rotatable bonds is 4. The van der Waals surface area contributed by atoms with Crippen molar-refractivity contribution in [3.8, 4) is 0 Å². The molecule has 3 heterocycles. The molecule has 5 heteroatoms. The van der Waals surface area contributed by atoms with E-state index in [1.54, 1.807) is 0 Å². The first-order valence-corrected chi connectivity index (χ1v) is 9.39. The normalized spacial score (nSPS) is 19.9. The molecular formula is C20H29N5. The molecule has 1 saturated heterocycles. The van der Waals surface area contributed by atoms with Crippen molar-refractivity contribution >= 4 is 0 Å². The molecule has 2 aromatic rings. The SMILES string of the molecule is Cc1ccc(CN2CCn3cc(CN4CCN(C)CC4)nc3C2)cc1. The fraction of sp³-hybridized carbons (Fsp3) is 0.550. The highest BCUT2D eigenvalue weighted by Crippen LogP contribution is 2.17. The lowest BCUT2D eigenvalue weighted by Crippen LogP contribution is -2.43. The molecule has 5 nitrogen and oxygen atoms in total. The number of benzene rings is 1. The van der Waals surface area contributed by atoms with Crippen LogP contribution >= 0.6 is 0 Å². The summed E-state index contributed by atoms with van der Waals surface area (Å²) >= 11 is 0. The zero-order valence-electron chi connectivity index (χ0n) is 15.5. The molecule has 2 aliphatic rings. The summed E-state index contributed by atoms with van der Waals surface area (Å²) < 4.78 is 2.36. The third-order valence-electron chi connectivity index (χ3n) is 5.44. The van der Waals surface area contributed by atoms with E-state index in [4.69, 9.17) is 4.98 Å². The molecular weight excluding hydrogens is 310 g/mol. The molecule has 0 aliphatic carbocycles. The third kappa shape index (κ3) is 4.11. The van der Waals surface area contributed by atoms with E-state index in [9.17, 15) is 0 Å². The Bertz CT molecular complexity index is 697. The monoisotopic (exact) mass is 339 g/mol. The van der Waals surface area contributed by atoms with E-state index >= 15 is 0 Å². The molecule has 0 amide bonds. The lowest BCUT2D eigenvalue weighted by molar-refractivity contribution is 0.147. The Hall–Kier alpha value is -1.69. The van der Waals surface area contributed by atoms with E-state index < -0.39 is 0 Å². The van der Waals surface area contributed by atoms with Gasteiger partial charge in [0.2, 0.25) is 0 Å². The zero-order valence-corrected chi connectivity index (χ0v) is 15.5. The molecule has 0 bridgehead atoms. The summed E-state index contributed by atoms with van der Waals surface area (Å²) in [7, 11) is 2.20. The van der Waals surface area contributed by atoms with E-state index in [0.29, 0.717) is 0 Å². The van der Waals surface area contributed by atoms with Crippen molar-refractivity contribution in [2.24, 2.45) is 0 Å². The van der Waals surface area contributed by atoms with Gasteiger partial charge in [0.25, 0.3) is 0 Å². The molecule has 1 aromatic heterocycles. The number of piperazine rings is 1. The predicted molar refractivity (Wildman–Crippen MR) is 100 cm³/mol. The molecule has 0 atom stereocenters. The smallest absolute Gasteiger partial charge is 0.123 e. The van der Waals surface area contributed by atoms with Crippen molar-refractivity contribution in [1.82, 2.24) is 24.3 Å². The van der Waals surface area contributed by atoms with Gasteiger partial charge in [0.15, 0.2) is 0 Å². The quantitative estimate of drug-likeness (QED) is 0.851. The fourth-order valence-corrected chi connectivity index (χ4v) is 3.76. The minimum atomic E-state index is 0.955. The van der Waals surface area contributed by atoms with Gasteiger partial charge in [-0.15, -0.1) is 0 Å². The standard InChI is InChI=1S/C20H29N5/c1-17-3-5-18(6-4-17)13-24-11-12-25-15-19(21-20(25)16-24)14-23-9-7-22(2)8-10-23/h3-6,15H,7-14,16H2,1-2H3. The van der Waals surface area contributed by atoms with Gasteiger partial charge >= 0.3 is 0 Å². The second-order valence-electron chi connectivity index (χ2n) is 7.62. The molecule has 134 valence electrons. The highest BCUT2D eigenvalue weighted by molar-refractivity contribution is 5.21. The Morgan fingerprint density at radius 3 is 2.36 bits per heavy atom. The van der Waals surface area contributed by atoms with Gasteiger partial charge in [-0.05, 0) is 19.5 Å². The molecule has 0 spiro atoms. The second kappa shape index (κ2) is 7.28. The summed E-state index contributed by atoms with van der Waals surface area (Å²) in [5.74, 6) is 1.22. The van der Waals surface area contributed by atoms with E-state index in [1.165, 1.54) is 22.6 Å². The van der Waals surface area contributed by atoms with Crippen molar-refractivity contribution < 1.29 is 0 Å². The molecule has 0 saturated carbocycles. The van der Waals surface area contributed by atoms with Crippen LogP contribution in [0.15, 0.2) is 30.5 Å². The number of aromatic nitrogens is 2. The fourth-order valence-electron chi connectivity index (χ4n) is 3.76. The summed E-state index contributed by atoms with van der Waals surface area (Å²) in [6.45, 7) is 11.9. The van der Waals surface area contributed by atoms with Gasteiger partial charge in [-0.25, -0.2) is 4.98 Å². The topological polar surface area (TPSA) is 27.5 Å². The largest absolute Gasteiger partial charge is 0.332 e. The van der Waals surface area contributed by atoms with Crippen LogP contribution < -0.4 is 0 Å². The first-order valence-electron chi connectivity index (χ1n) is 9.39. The third-order valence-corrected chi connectivity index (χ3v) is 5.44. The van der Waals surface area contributed by atoms with E-state index in [0.717, 1.165) is 58.9 Å². The van der Waals surface area contributed by atoms with Crippen LogP contribution in [0.25, 0.3) is 0 Å². The number of likely N-dealkylation sites (N-methyl/N-ethyl adjacent to an activating group) is 1. The maximum Gasteiger partial charge on any atom is 0.123 e. The maximum atomic E-state index is 4.94. The Balaban J connectivity index is 1.36. The second-order valence-corrected chi connectivity index (χ2v) is 7.62. The summed E-state index contributed by atoms with van der Waals surface area (Å²) in [5, 5.41) is 0. The van der Waals surface area contributed by atoms with E-state index in [-0.39, 0.29) is 0 Å². The number of aryl methyl sites for hydroxylation is 1. The predicted octanol–water partition coefficient (Wildman–Crippen LogP) is 1.95. The average molecular weight is 339 g/mol. The van der Waals surface area contributed by atoms with Gasteiger partial charge < -0.3 is 9.47 Å². The molecule has 0 N–H and O–H groups in total. The Morgan fingerprint density at radius 2 is 1.60 bits per heavy atom. The molecule has 0 unspecified atom stereocenters. The Morgan fingerprint density at radius 1 is 0.880 bits per heavy atom. The molecule has 2 aliphatic heterocycles. The Labute approximate surface area is 150 Å². The van der Waals surface area contributed by atoms with Crippen LogP contribution in [0.5, 0.6) is 0 Å². The molecule has 0 radical (unpaired) electrons. The van der Waals surface area contributed by atoms with Crippen LogP contribution in [-0.2, 0) is 26.2 Å². The van der Waals surface area contributed by atoms with Crippen molar-refractivity contribution in [3.05, 3.63) is 53.1 Å². The van der Waals surface area contributed by atoms with Crippen LogP contribution in [0.4, 0.5) is 0 Å². The zero-order chi connectivity index (χ0) is 17.2. The van der Waals surface area contributed by atoms with Crippen LogP contribution in [-0.4, -0.2) is 64.0 Å². The first kappa shape index (κ1) is 16.8. The van der Waals surface area contributed by atoms with Crippen LogP contribution in [0, 0.1) is 6.92 Å². The summed E-state index contributed by atoms with van der Waals surface area (Å²) in [6, 6.07) is 8.90. The number of nitrogens with zero attached hydrogens (tertiary/aromatic N) is 5. The maximum absolute atomic E-state index is 4.94. The van der Waals surface area contributed by atoms with Gasteiger partial charge in [-0.3, -0.25) is 9.80 Å². The van der Waals surface area contributed by atoms with E-state index in [1.807, 2.05) is 0 Å². The molecule has 4 rings (SSSR count). The van der Waals surface area contributed by atoms with Gasteiger partial charge in [0.1, 0.15) is 5.82 Å². The highest BCUT2D eigenvalue weighted by Gasteiger charge is 2.20. The number of hydrogen-bond acceptors (Lipinski definition) is 4. The van der Waals surface area contributed by atoms with Crippen molar-refractivity contribution in [2.75, 3.05) is 39.8 Å². The van der Waals surface area contributed by atoms with Gasteiger partial charge in [0.05, 0.1) is 12.2 Å². The lowest BCUT2D eigenvalue weighted by atomic mass is 10.1. The van der Waals surface area contributed by atoms with Crippen molar-refractivity contribution in [2.45, 2.75) is 33.1 Å². The minimum absolute atomic E-state index is 0.955. The summed E-state index contributed by atoms with van der Waals surface area (Å²) in [4.78, 5) is 12.4. The highest BCUT2D eigenvalue weighted by atomic mass is 15.3. The van der Waals surface area contributed by atoms with Crippen molar-refractivity contribution in [3.63, 3.8) is 0 Å². The molecule has 1 aromatic carbocycles. The minimum Gasteiger partial charge on any atom is -0.332 e. The molecule has 1 fully saturated rings. The van der Waals surface area contributed by atoms with Gasteiger partial charge in [-0.2, -0.15) is 0 Å². The lowest BCUT2D eigenvalue weighted by Gasteiger charge is -2.31. The average Bonchev–Trinajstić information content (AvgIpc) is 3.00. The van der Waals surface area contributed by atoms with Crippen LogP contribution in [0.1, 0.15) is 22.6 Å². The summed E-state index contributed by atoms with van der Waals surface area (Å²) in [6.07, 6.45) is 2.27. The van der Waals surface area contributed by atoms with Gasteiger partial charge in [0, 0.05) is 58.6 Å². The van der Waals surface area contributed by atoms with Crippen LogP contribution in [0.2, 0.25) is 0 Å². The molecule has 25 heavy (non-hydrogen) atoms. The number of fused-ring (bicyclic) bond motifs is 1. The van der Waals surface area contributed by atoms with Crippen LogP contribution in [0.3, 0.4) is 0 Å². The van der Waals surface area contributed by atoms with E-state index in [2.05, 4.69) is 63.7 Å². The summed E-state index contributed by atoms with van der Waals surface area (Å²) in [5.41, 5.74) is 3.95. The number of hydrogen-bond donors (Lipinski definition) is 0. The number of imidazole rings is 1. The first-order chi connectivity index (χ1) is 12.2. The van der Waals surface area contributed by atoms with Crippen molar-refractivity contribution in [1.29, 1.82) is 0 Å². The Kier molecular flexibility index (Phi) is 4.88.